The van der Waals surface area contributed by atoms with Crippen LogP contribution < -0.4 is 4.90 Å². The van der Waals surface area contributed by atoms with Gasteiger partial charge in [0, 0.05) is 25.8 Å². The van der Waals surface area contributed by atoms with E-state index < -0.39 is 0 Å². The number of H-pyrrole nitrogens is 1. The predicted octanol–water partition coefficient (Wildman–Crippen LogP) is 1.69. The molecule has 7 nitrogen and oxygen atoms in total. The minimum Gasteiger partial charge on any atom is -0.354 e. The van der Waals surface area contributed by atoms with Gasteiger partial charge in [0.05, 0.1) is 17.0 Å². The number of aromatic amines is 1. The molecule has 0 unspecified atom stereocenters. The van der Waals surface area contributed by atoms with E-state index in [1.54, 1.807) is 6.33 Å². The van der Waals surface area contributed by atoms with Crippen molar-refractivity contribution in [2.45, 2.75) is 31.7 Å². The quantitative estimate of drug-likeness (QED) is 0.908. The number of amides is 1. The lowest BCUT2D eigenvalue weighted by Crippen LogP contribution is -2.73. The summed E-state index contributed by atoms with van der Waals surface area (Å²) in [6.07, 6.45) is 5.42. The molecule has 2 aromatic heterocycles. The number of rotatable bonds is 2. The summed E-state index contributed by atoms with van der Waals surface area (Å²) in [7, 11) is 0. The minimum atomic E-state index is -0.167. The SMILES string of the molecule is C[C@@H]1CN(C(=O)CC#N)[C@]12CCCN(c1ncnc3[nH]ccc13)C2. The molecule has 2 atom stereocenters. The van der Waals surface area contributed by atoms with Crippen LogP contribution in [0.15, 0.2) is 18.6 Å². The van der Waals surface area contributed by atoms with Crippen molar-refractivity contribution in [2.75, 3.05) is 24.5 Å². The van der Waals surface area contributed by atoms with Crippen molar-refractivity contribution in [3.63, 3.8) is 0 Å². The summed E-state index contributed by atoms with van der Waals surface area (Å²) in [6.45, 7) is 4.64. The summed E-state index contributed by atoms with van der Waals surface area (Å²) in [6, 6.07) is 3.98. The summed E-state index contributed by atoms with van der Waals surface area (Å²) < 4.78 is 0. The molecule has 0 aliphatic carbocycles. The molecule has 2 saturated heterocycles. The Morgan fingerprint density at radius 1 is 1.54 bits per heavy atom. The number of aromatic nitrogens is 3. The average Bonchev–Trinajstić information content (AvgIpc) is 3.08. The molecular weight excluding hydrogens is 304 g/mol. The van der Waals surface area contributed by atoms with Gasteiger partial charge < -0.3 is 14.8 Å². The molecule has 0 bridgehead atoms. The molecule has 2 aliphatic heterocycles. The molecule has 0 aromatic carbocycles. The monoisotopic (exact) mass is 324 g/mol. The number of carbonyl (C=O) groups is 1. The lowest BCUT2D eigenvalue weighted by molar-refractivity contribution is -0.156. The Bertz CT molecular complexity index is 824. The van der Waals surface area contributed by atoms with Crippen LogP contribution in [-0.2, 0) is 4.79 Å². The third kappa shape index (κ3) is 2.06. The van der Waals surface area contributed by atoms with Crippen molar-refractivity contribution in [3.05, 3.63) is 18.6 Å². The molecule has 2 aliphatic rings. The second kappa shape index (κ2) is 5.48. The second-order valence-corrected chi connectivity index (χ2v) is 6.81. The van der Waals surface area contributed by atoms with Crippen LogP contribution in [0.2, 0.25) is 0 Å². The van der Waals surface area contributed by atoms with Crippen LogP contribution in [0, 0.1) is 17.2 Å². The number of carbonyl (C=O) groups excluding carboxylic acids is 1. The van der Waals surface area contributed by atoms with E-state index in [0.717, 1.165) is 49.3 Å². The Morgan fingerprint density at radius 3 is 3.21 bits per heavy atom. The van der Waals surface area contributed by atoms with E-state index in [2.05, 4.69) is 26.8 Å². The van der Waals surface area contributed by atoms with Crippen molar-refractivity contribution >= 4 is 22.8 Å². The third-order valence-corrected chi connectivity index (χ3v) is 5.58. The van der Waals surface area contributed by atoms with Crippen molar-refractivity contribution < 1.29 is 4.79 Å². The molecule has 2 aromatic rings. The number of nitrogens with zero attached hydrogens (tertiary/aromatic N) is 5. The maximum Gasteiger partial charge on any atom is 0.237 e. The predicted molar refractivity (Wildman–Crippen MR) is 89.2 cm³/mol. The fraction of sp³-hybridized carbons (Fsp3) is 0.529. The molecule has 4 rings (SSSR count). The molecule has 1 amide bonds. The zero-order valence-electron chi connectivity index (χ0n) is 13.7. The van der Waals surface area contributed by atoms with E-state index in [9.17, 15) is 4.79 Å². The number of piperidine rings is 1. The van der Waals surface area contributed by atoms with Gasteiger partial charge in [-0.1, -0.05) is 6.92 Å². The van der Waals surface area contributed by atoms with Crippen LogP contribution >= 0.6 is 0 Å². The third-order valence-electron chi connectivity index (χ3n) is 5.58. The molecule has 7 heteroatoms. The Labute approximate surface area is 140 Å². The first kappa shape index (κ1) is 14.9. The smallest absolute Gasteiger partial charge is 0.237 e. The van der Waals surface area contributed by atoms with Crippen molar-refractivity contribution in [3.8, 4) is 6.07 Å². The minimum absolute atomic E-state index is 0.0377. The average molecular weight is 324 g/mol. The summed E-state index contributed by atoms with van der Waals surface area (Å²) in [5, 5.41) is 9.86. The maximum atomic E-state index is 12.3. The van der Waals surface area contributed by atoms with Gasteiger partial charge >= 0.3 is 0 Å². The van der Waals surface area contributed by atoms with Gasteiger partial charge in [-0.2, -0.15) is 5.26 Å². The van der Waals surface area contributed by atoms with Gasteiger partial charge in [-0.05, 0) is 24.8 Å². The summed E-state index contributed by atoms with van der Waals surface area (Å²) >= 11 is 0. The standard InChI is InChI=1S/C17H20N6O/c1-12-9-23(14(24)3-6-18)17(12)5-2-8-22(10-17)16-13-4-7-19-15(13)20-11-21-16/h4,7,11-12H,2-3,5,8-10H2,1H3,(H,19,20,21)/t12-,17+/m1/s1. The fourth-order valence-corrected chi connectivity index (χ4v) is 4.27. The van der Waals surface area contributed by atoms with E-state index in [4.69, 9.17) is 5.26 Å². The second-order valence-electron chi connectivity index (χ2n) is 6.81. The first-order valence-electron chi connectivity index (χ1n) is 8.36. The van der Waals surface area contributed by atoms with E-state index in [0.29, 0.717) is 5.92 Å². The molecule has 0 saturated carbocycles. The van der Waals surface area contributed by atoms with Crippen LogP contribution in [0.4, 0.5) is 5.82 Å². The van der Waals surface area contributed by atoms with Crippen LogP contribution in [0.25, 0.3) is 11.0 Å². The summed E-state index contributed by atoms with van der Waals surface area (Å²) in [5.41, 5.74) is 0.665. The molecular formula is C17H20N6O. The maximum absolute atomic E-state index is 12.3. The summed E-state index contributed by atoms with van der Waals surface area (Å²) in [4.78, 5) is 28.4. The number of likely N-dealkylation sites (tertiary alicyclic amines) is 1. The molecule has 124 valence electrons. The Balaban J connectivity index is 1.65. The highest BCUT2D eigenvalue weighted by atomic mass is 16.2. The van der Waals surface area contributed by atoms with E-state index >= 15 is 0 Å². The topological polar surface area (TPSA) is 88.9 Å². The van der Waals surface area contributed by atoms with Crippen LogP contribution in [0.5, 0.6) is 0 Å². The first-order chi connectivity index (χ1) is 11.7. The Morgan fingerprint density at radius 2 is 2.42 bits per heavy atom. The lowest BCUT2D eigenvalue weighted by Gasteiger charge is -2.61. The molecule has 24 heavy (non-hydrogen) atoms. The van der Waals surface area contributed by atoms with Gasteiger partial charge in [-0.25, -0.2) is 9.97 Å². The molecule has 0 radical (unpaired) electrons. The van der Waals surface area contributed by atoms with Crippen molar-refractivity contribution in [1.29, 1.82) is 5.26 Å². The van der Waals surface area contributed by atoms with Crippen LogP contribution in [0.3, 0.4) is 0 Å². The van der Waals surface area contributed by atoms with Crippen LogP contribution in [-0.4, -0.2) is 50.9 Å². The zero-order valence-corrected chi connectivity index (χ0v) is 13.7. The number of anilines is 1. The van der Waals surface area contributed by atoms with Gasteiger partial charge in [0.2, 0.25) is 5.91 Å². The van der Waals surface area contributed by atoms with Gasteiger partial charge in [0.15, 0.2) is 0 Å². The summed E-state index contributed by atoms with van der Waals surface area (Å²) in [5.74, 6) is 1.31. The number of nitrogens with one attached hydrogen (secondary N) is 1. The number of fused-ring (bicyclic) bond motifs is 1. The zero-order chi connectivity index (χ0) is 16.7. The normalized spacial score (nSPS) is 26.4. The molecule has 4 heterocycles. The highest BCUT2D eigenvalue weighted by Gasteiger charge is 2.54. The largest absolute Gasteiger partial charge is 0.354 e. The highest BCUT2D eigenvalue weighted by Crippen LogP contribution is 2.44. The van der Waals surface area contributed by atoms with E-state index in [1.165, 1.54) is 0 Å². The lowest BCUT2D eigenvalue weighted by atomic mass is 9.69. The molecule has 2 fully saturated rings. The highest BCUT2D eigenvalue weighted by molar-refractivity contribution is 5.87. The van der Waals surface area contributed by atoms with Crippen LogP contribution in [0.1, 0.15) is 26.2 Å². The van der Waals surface area contributed by atoms with Gasteiger partial charge in [0.1, 0.15) is 24.2 Å². The van der Waals surface area contributed by atoms with Gasteiger partial charge in [-0.3, -0.25) is 4.79 Å². The number of hydrogen-bond donors (Lipinski definition) is 1. The van der Waals surface area contributed by atoms with E-state index in [1.807, 2.05) is 23.2 Å². The number of hydrogen-bond acceptors (Lipinski definition) is 5. The van der Waals surface area contributed by atoms with Gasteiger partial charge in [-0.15, -0.1) is 0 Å². The number of nitriles is 1. The van der Waals surface area contributed by atoms with Crippen molar-refractivity contribution in [1.82, 2.24) is 19.9 Å². The van der Waals surface area contributed by atoms with E-state index in [-0.39, 0.29) is 17.9 Å². The fourth-order valence-electron chi connectivity index (χ4n) is 4.27. The van der Waals surface area contributed by atoms with Gasteiger partial charge in [0.25, 0.3) is 0 Å². The molecule has 1 spiro atoms. The Kier molecular flexibility index (Phi) is 3.41. The van der Waals surface area contributed by atoms with Crippen molar-refractivity contribution in [2.24, 2.45) is 5.92 Å². The Hall–Kier alpha value is -2.62. The first-order valence-corrected chi connectivity index (χ1v) is 8.36. The molecule has 1 N–H and O–H groups in total.